The van der Waals surface area contributed by atoms with Gasteiger partial charge in [-0.1, -0.05) is 53.0 Å². The molecule has 1 heterocycles. The highest BCUT2D eigenvalue weighted by Crippen LogP contribution is 2.25. The third-order valence-electron chi connectivity index (χ3n) is 4.90. The van der Waals surface area contributed by atoms with Crippen molar-refractivity contribution in [2.24, 2.45) is 5.92 Å². The van der Waals surface area contributed by atoms with Gasteiger partial charge in [-0.2, -0.15) is 0 Å². The van der Waals surface area contributed by atoms with Gasteiger partial charge >= 0.3 is 0 Å². The zero-order chi connectivity index (χ0) is 19.4. The standard InChI is InChI=1S/C21H22Cl2N2O2/c1-14-2-4-15(5-3-14)13-24-20(26)16-8-10-25(11-9-16)21(27)18-12-17(22)6-7-19(18)23/h2-7,12,16H,8-11,13H2,1H3,(H,24,26). The van der Waals surface area contributed by atoms with Crippen molar-refractivity contribution in [3.8, 4) is 0 Å². The summed E-state index contributed by atoms with van der Waals surface area (Å²) in [5.74, 6) is -0.168. The van der Waals surface area contributed by atoms with Gasteiger partial charge < -0.3 is 10.2 Å². The summed E-state index contributed by atoms with van der Waals surface area (Å²) >= 11 is 12.1. The number of nitrogens with zero attached hydrogens (tertiary/aromatic N) is 1. The average Bonchev–Trinajstić information content (AvgIpc) is 2.69. The third kappa shape index (κ3) is 5.02. The Labute approximate surface area is 169 Å². The summed E-state index contributed by atoms with van der Waals surface area (Å²) in [6, 6.07) is 13.0. The maximum Gasteiger partial charge on any atom is 0.255 e. The first kappa shape index (κ1) is 19.7. The largest absolute Gasteiger partial charge is 0.352 e. The van der Waals surface area contributed by atoms with Crippen LogP contribution in [0.4, 0.5) is 0 Å². The first-order chi connectivity index (χ1) is 12.9. The van der Waals surface area contributed by atoms with E-state index >= 15 is 0 Å². The fraction of sp³-hybridized carbons (Fsp3) is 0.333. The Bertz CT molecular complexity index is 829. The third-order valence-corrected chi connectivity index (χ3v) is 5.46. The molecule has 6 heteroatoms. The molecule has 1 fully saturated rings. The molecule has 0 radical (unpaired) electrons. The van der Waals surface area contributed by atoms with Crippen molar-refractivity contribution in [3.63, 3.8) is 0 Å². The molecule has 1 N–H and O–H groups in total. The van der Waals surface area contributed by atoms with E-state index in [9.17, 15) is 9.59 Å². The second kappa shape index (κ2) is 8.77. The van der Waals surface area contributed by atoms with E-state index in [1.54, 1.807) is 23.1 Å². The van der Waals surface area contributed by atoms with E-state index < -0.39 is 0 Å². The molecular weight excluding hydrogens is 383 g/mol. The fourth-order valence-corrected chi connectivity index (χ4v) is 3.59. The van der Waals surface area contributed by atoms with Crippen LogP contribution in [0.1, 0.15) is 34.3 Å². The molecule has 2 aromatic carbocycles. The molecule has 1 aliphatic rings. The summed E-state index contributed by atoms with van der Waals surface area (Å²) in [6.07, 6.45) is 1.29. The van der Waals surface area contributed by atoms with Gasteiger partial charge in [0.25, 0.3) is 5.91 Å². The number of amides is 2. The molecule has 0 aliphatic carbocycles. The maximum absolute atomic E-state index is 12.7. The van der Waals surface area contributed by atoms with Crippen molar-refractivity contribution in [1.29, 1.82) is 0 Å². The summed E-state index contributed by atoms with van der Waals surface area (Å²) < 4.78 is 0. The number of nitrogens with one attached hydrogen (secondary N) is 1. The quantitative estimate of drug-likeness (QED) is 0.816. The molecule has 3 rings (SSSR count). The number of carbonyl (C=O) groups excluding carboxylic acids is 2. The lowest BCUT2D eigenvalue weighted by atomic mass is 9.95. The van der Waals surface area contributed by atoms with Gasteiger partial charge in [-0.05, 0) is 43.5 Å². The minimum absolute atomic E-state index is 0.0449. The summed E-state index contributed by atoms with van der Waals surface area (Å²) in [7, 11) is 0. The van der Waals surface area contributed by atoms with Crippen LogP contribution in [-0.2, 0) is 11.3 Å². The lowest BCUT2D eigenvalue weighted by Gasteiger charge is -2.31. The Morgan fingerprint density at radius 3 is 2.41 bits per heavy atom. The predicted molar refractivity (Wildman–Crippen MR) is 108 cm³/mol. The van der Waals surface area contributed by atoms with Crippen LogP contribution in [0.15, 0.2) is 42.5 Å². The number of likely N-dealkylation sites (tertiary alicyclic amines) is 1. The second-order valence-corrected chi connectivity index (χ2v) is 7.74. The van der Waals surface area contributed by atoms with Crippen molar-refractivity contribution >= 4 is 35.0 Å². The fourth-order valence-electron chi connectivity index (χ4n) is 3.22. The van der Waals surface area contributed by atoms with Crippen LogP contribution in [-0.4, -0.2) is 29.8 Å². The Morgan fingerprint density at radius 2 is 1.74 bits per heavy atom. The van der Waals surface area contributed by atoms with Crippen LogP contribution in [0.2, 0.25) is 10.0 Å². The van der Waals surface area contributed by atoms with Crippen molar-refractivity contribution in [2.75, 3.05) is 13.1 Å². The van der Waals surface area contributed by atoms with Gasteiger partial charge in [-0.15, -0.1) is 0 Å². The lowest BCUT2D eigenvalue weighted by molar-refractivity contribution is -0.126. The number of carbonyl (C=O) groups is 2. The number of benzene rings is 2. The molecule has 1 aliphatic heterocycles. The van der Waals surface area contributed by atoms with Gasteiger partial charge in [-0.25, -0.2) is 0 Å². The number of aryl methyl sites for hydroxylation is 1. The molecule has 142 valence electrons. The van der Waals surface area contributed by atoms with E-state index in [4.69, 9.17) is 23.2 Å². The van der Waals surface area contributed by atoms with Gasteiger partial charge in [0.2, 0.25) is 5.91 Å². The van der Waals surface area contributed by atoms with Gasteiger partial charge in [0.15, 0.2) is 0 Å². The number of halogens is 2. The van der Waals surface area contributed by atoms with E-state index in [0.717, 1.165) is 5.56 Å². The molecule has 2 amide bonds. The first-order valence-electron chi connectivity index (χ1n) is 9.01. The molecule has 1 saturated heterocycles. The van der Waals surface area contributed by atoms with Crippen LogP contribution in [0.3, 0.4) is 0 Å². The van der Waals surface area contributed by atoms with Crippen LogP contribution < -0.4 is 5.32 Å². The van der Waals surface area contributed by atoms with E-state index in [1.807, 2.05) is 31.2 Å². The number of rotatable bonds is 4. The van der Waals surface area contributed by atoms with Crippen LogP contribution >= 0.6 is 23.2 Å². The number of piperidine rings is 1. The maximum atomic E-state index is 12.7. The Morgan fingerprint density at radius 1 is 1.07 bits per heavy atom. The molecule has 0 saturated carbocycles. The van der Waals surface area contributed by atoms with E-state index in [2.05, 4.69) is 5.32 Å². The molecule has 0 unspecified atom stereocenters. The predicted octanol–water partition coefficient (Wildman–Crippen LogP) is 4.47. The molecular formula is C21H22Cl2N2O2. The van der Waals surface area contributed by atoms with E-state index in [-0.39, 0.29) is 17.7 Å². The lowest BCUT2D eigenvalue weighted by Crippen LogP contribution is -2.43. The van der Waals surface area contributed by atoms with E-state index in [0.29, 0.717) is 48.1 Å². The molecule has 4 nitrogen and oxygen atoms in total. The van der Waals surface area contributed by atoms with Gasteiger partial charge in [0.05, 0.1) is 10.6 Å². The van der Waals surface area contributed by atoms with Crippen LogP contribution in [0.5, 0.6) is 0 Å². The Balaban J connectivity index is 1.52. The topological polar surface area (TPSA) is 49.4 Å². The van der Waals surface area contributed by atoms with E-state index in [1.165, 1.54) is 5.56 Å². The monoisotopic (exact) mass is 404 g/mol. The van der Waals surface area contributed by atoms with Crippen molar-refractivity contribution in [3.05, 3.63) is 69.2 Å². The Hall–Kier alpha value is -2.04. The smallest absolute Gasteiger partial charge is 0.255 e. The number of hydrogen-bond donors (Lipinski definition) is 1. The first-order valence-corrected chi connectivity index (χ1v) is 9.77. The molecule has 0 atom stereocenters. The van der Waals surface area contributed by atoms with Crippen LogP contribution in [0, 0.1) is 12.8 Å². The zero-order valence-corrected chi connectivity index (χ0v) is 16.7. The van der Waals surface area contributed by atoms with Crippen molar-refractivity contribution in [2.45, 2.75) is 26.3 Å². The molecule has 0 bridgehead atoms. The molecule has 27 heavy (non-hydrogen) atoms. The van der Waals surface area contributed by atoms with Crippen molar-refractivity contribution in [1.82, 2.24) is 10.2 Å². The average molecular weight is 405 g/mol. The summed E-state index contributed by atoms with van der Waals surface area (Å²) in [5, 5.41) is 3.87. The molecule has 0 spiro atoms. The van der Waals surface area contributed by atoms with Gasteiger partial charge in [0, 0.05) is 30.6 Å². The zero-order valence-electron chi connectivity index (χ0n) is 15.2. The van der Waals surface area contributed by atoms with Gasteiger partial charge in [-0.3, -0.25) is 9.59 Å². The summed E-state index contributed by atoms with van der Waals surface area (Å²) in [5.41, 5.74) is 2.69. The highest BCUT2D eigenvalue weighted by molar-refractivity contribution is 6.35. The number of hydrogen-bond acceptors (Lipinski definition) is 2. The second-order valence-electron chi connectivity index (χ2n) is 6.89. The summed E-state index contributed by atoms with van der Waals surface area (Å²) in [6.45, 7) is 3.62. The minimum Gasteiger partial charge on any atom is -0.352 e. The van der Waals surface area contributed by atoms with Crippen LogP contribution in [0.25, 0.3) is 0 Å². The van der Waals surface area contributed by atoms with Gasteiger partial charge in [0.1, 0.15) is 0 Å². The highest BCUT2D eigenvalue weighted by atomic mass is 35.5. The normalized spacial score (nSPS) is 14.9. The summed E-state index contributed by atoms with van der Waals surface area (Å²) in [4.78, 5) is 26.8. The Kier molecular flexibility index (Phi) is 6.40. The van der Waals surface area contributed by atoms with Crippen molar-refractivity contribution < 1.29 is 9.59 Å². The minimum atomic E-state index is -0.138. The highest BCUT2D eigenvalue weighted by Gasteiger charge is 2.28. The molecule has 0 aromatic heterocycles. The molecule has 2 aromatic rings. The SMILES string of the molecule is Cc1ccc(CNC(=O)C2CCN(C(=O)c3cc(Cl)ccc3Cl)CC2)cc1.